The van der Waals surface area contributed by atoms with E-state index in [2.05, 4.69) is 29.6 Å². The summed E-state index contributed by atoms with van der Waals surface area (Å²) in [6.07, 6.45) is 3.63. The van der Waals surface area contributed by atoms with Crippen molar-refractivity contribution in [1.82, 2.24) is 0 Å². The zero-order chi connectivity index (χ0) is 18.9. The predicted molar refractivity (Wildman–Crippen MR) is 102 cm³/mol. The second-order valence-corrected chi connectivity index (χ2v) is 7.43. The molecule has 140 valence electrons. The van der Waals surface area contributed by atoms with Gasteiger partial charge in [-0.1, -0.05) is 24.3 Å². The predicted octanol–water partition coefficient (Wildman–Crippen LogP) is 3.77. The molecule has 1 amide bonds. The average molecular weight is 365 g/mol. The first-order valence-electron chi connectivity index (χ1n) is 9.42. The lowest BCUT2D eigenvalue weighted by Gasteiger charge is -2.12. The van der Waals surface area contributed by atoms with E-state index in [1.165, 1.54) is 11.1 Å². The highest BCUT2D eigenvalue weighted by Gasteiger charge is 2.61. The maximum Gasteiger partial charge on any atom is 0.303 e. The molecule has 2 aliphatic carbocycles. The lowest BCUT2D eigenvalue weighted by Crippen LogP contribution is -2.19. The van der Waals surface area contributed by atoms with Gasteiger partial charge in [-0.2, -0.15) is 0 Å². The van der Waals surface area contributed by atoms with E-state index < -0.39 is 5.97 Å². The summed E-state index contributed by atoms with van der Waals surface area (Å²) in [6, 6.07) is 15.7. The Bertz CT molecular complexity index is 861. The quantitative estimate of drug-likeness (QED) is 0.733. The van der Waals surface area contributed by atoms with Crippen LogP contribution in [-0.4, -0.2) is 23.6 Å². The third-order valence-electron chi connectivity index (χ3n) is 5.71. The van der Waals surface area contributed by atoms with E-state index in [-0.39, 0.29) is 23.7 Å². The van der Waals surface area contributed by atoms with Crippen molar-refractivity contribution < 1.29 is 19.4 Å². The summed E-state index contributed by atoms with van der Waals surface area (Å²) in [4.78, 5) is 23.2. The van der Waals surface area contributed by atoms with Gasteiger partial charge in [-0.25, -0.2) is 0 Å². The lowest BCUT2D eigenvalue weighted by atomic mass is 9.95. The molecule has 5 nitrogen and oxygen atoms in total. The largest absolute Gasteiger partial charge is 0.494 e. The molecule has 1 fully saturated rings. The third-order valence-corrected chi connectivity index (χ3v) is 5.71. The number of hydrogen-bond donors (Lipinski definition) is 2. The molecule has 27 heavy (non-hydrogen) atoms. The molecule has 2 unspecified atom stereocenters. The molecule has 2 aromatic rings. The summed E-state index contributed by atoms with van der Waals surface area (Å²) < 4.78 is 5.52. The van der Waals surface area contributed by atoms with Crippen molar-refractivity contribution in [1.29, 1.82) is 0 Å². The monoisotopic (exact) mass is 365 g/mol. The molecular weight excluding hydrogens is 342 g/mol. The fourth-order valence-electron chi connectivity index (χ4n) is 4.22. The van der Waals surface area contributed by atoms with E-state index in [1.807, 2.05) is 12.1 Å². The van der Waals surface area contributed by atoms with Gasteiger partial charge in [-0.05, 0) is 61.1 Å². The van der Waals surface area contributed by atoms with Gasteiger partial charge in [0.15, 0.2) is 0 Å². The molecule has 2 aliphatic rings. The van der Waals surface area contributed by atoms with E-state index in [9.17, 15) is 9.59 Å². The maximum atomic E-state index is 12.7. The van der Waals surface area contributed by atoms with Crippen LogP contribution < -0.4 is 10.1 Å². The number of aryl methyl sites for hydroxylation is 1. The maximum absolute atomic E-state index is 12.7. The van der Waals surface area contributed by atoms with Crippen molar-refractivity contribution >= 4 is 17.6 Å². The summed E-state index contributed by atoms with van der Waals surface area (Å²) >= 11 is 0. The minimum absolute atomic E-state index is 0.0492. The SMILES string of the molecule is O=C(O)CCCOc1ccc(NC(=O)C2CC23CCc2ccccc23)cc1. The van der Waals surface area contributed by atoms with Gasteiger partial charge in [-0.3, -0.25) is 9.59 Å². The average Bonchev–Trinajstić information content (AvgIpc) is 3.29. The van der Waals surface area contributed by atoms with Crippen molar-refractivity contribution in [3.63, 3.8) is 0 Å². The molecule has 2 aromatic carbocycles. The van der Waals surface area contributed by atoms with E-state index in [0.717, 1.165) is 24.9 Å². The first kappa shape index (κ1) is 17.6. The molecule has 2 N–H and O–H groups in total. The Hall–Kier alpha value is -2.82. The Morgan fingerprint density at radius 2 is 1.93 bits per heavy atom. The Morgan fingerprint density at radius 3 is 2.70 bits per heavy atom. The molecule has 2 atom stereocenters. The summed E-state index contributed by atoms with van der Waals surface area (Å²) in [6.45, 7) is 0.363. The van der Waals surface area contributed by atoms with Gasteiger partial charge in [0.2, 0.25) is 5.91 Å². The highest BCUT2D eigenvalue weighted by atomic mass is 16.5. The lowest BCUT2D eigenvalue weighted by molar-refractivity contribution is -0.137. The molecule has 0 aromatic heterocycles. The number of aliphatic carboxylic acids is 1. The molecule has 0 heterocycles. The molecule has 0 saturated heterocycles. The minimum atomic E-state index is -0.820. The number of amides is 1. The molecule has 0 aliphatic heterocycles. The van der Waals surface area contributed by atoms with Crippen LogP contribution in [0.5, 0.6) is 5.75 Å². The van der Waals surface area contributed by atoms with Gasteiger partial charge >= 0.3 is 5.97 Å². The van der Waals surface area contributed by atoms with Gasteiger partial charge in [-0.15, -0.1) is 0 Å². The minimum Gasteiger partial charge on any atom is -0.494 e. The van der Waals surface area contributed by atoms with Crippen LogP contribution in [0.15, 0.2) is 48.5 Å². The summed E-state index contributed by atoms with van der Waals surface area (Å²) in [7, 11) is 0. The smallest absolute Gasteiger partial charge is 0.303 e. The number of carbonyl (C=O) groups is 2. The summed E-state index contributed by atoms with van der Waals surface area (Å²) in [5, 5.41) is 11.6. The van der Waals surface area contributed by atoms with Crippen molar-refractivity contribution in [2.45, 2.75) is 37.5 Å². The number of carboxylic acids is 1. The van der Waals surface area contributed by atoms with E-state index >= 15 is 0 Å². The van der Waals surface area contributed by atoms with Crippen LogP contribution in [0.1, 0.15) is 36.8 Å². The van der Waals surface area contributed by atoms with Crippen LogP contribution in [0.4, 0.5) is 5.69 Å². The summed E-state index contributed by atoms with van der Waals surface area (Å²) in [5.74, 6) is -0.0136. The number of hydrogen-bond acceptors (Lipinski definition) is 3. The van der Waals surface area contributed by atoms with Gasteiger partial charge in [0.05, 0.1) is 6.61 Å². The van der Waals surface area contributed by atoms with Crippen LogP contribution in [0.2, 0.25) is 0 Å². The van der Waals surface area contributed by atoms with E-state index in [4.69, 9.17) is 9.84 Å². The number of benzene rings is 2. The molecule has 1 spiro atoms. The van der Waals surface area contributed by atoms with Crippen LogP contribution in [0.25, 0.3) is 0 Å². The van der Waals surface area contributed by atoms with Gasteiger partial charge < -0.3 is 15.2 Å². The molecular formula is C22H23NO4. The third kappa shape index (κ3) is 3.54. The second-order valence-electron chi connectivity index (χ2n) is 7.43. The Morgan fingerprint density at radius 1 is 1.15 bits per heavy atom. The van der Waals surface area contributed by atoms with Gasteiger partial charge in [0.1, 0.15) is 5.75 Å². The normalized spacial score (nSPS) is 22.3. The van der Waals surface area contributed by atoms with Crippen LogP contribution >= 0.6 is 0 Å². The van der Waals surface area contributed by atoms with E-state index in [0.29, 0.717) is 18.8 Å². The first-order valence-corrected chi connectivity index (χ1v) is 9.42. The van der Waals surface area contributed by atoms with E-state index in [1.54, 1.807) is 12.1 Å². The fraction of sp³-hybridized carbons (Fsp3) is 0.364. The number of rotatable bonds is 7. The molecule has 1 saturated carbocycles. The molecule has 4 rings (SSSR count). The first-order chi connectivity index (χ1) is 13.1. The molecule has 0 bridgehead atoms. The van der Waals surface area contributed by atoms with Crippen LogP contribution in [0.3, 0.4) is 0 Å². The van der Waals surface area contributed by atoms with Crippen LogP contribution in [0, 0.1) is 5.92 Å². The number of carboxylic acid groups (broad SMARTS) is 1. The number of carbonyl (C=O) groups excluding carboxylic acids is 1. The van der Waals surface area contributed by atoms with Crippen molar-refractivity contribution in [2.75, 3.05) is 11.9 Å². The molecule has 0 radical (unpaired) electrons. The number of nitrogens with one attached hydrogen (secondary N) is 1. The standard InChI is InChI=1S/C22H23NO4/c24-20(25)6-3-13-27-17-9-7-16(8-10-17)23-21(26)19-14-22(19)12-11-15-4-1-2-5-18(15)22/h1-2,4-5,7-10,19H,3,6,11-14H2,(H,23,26)(H,24,25). The number of ether oxygens (including phenoxy) is 1. The fourth-order valence-corrected chi connectivity index (χ4v) is 4.22. The van der Waals surface area contributed by atoms with Crippen LogP contribution in [-0.2, 0) is 21.4 Å². The Labute approximate surface area is 158 Å². The highest BCUT2D eigenvalue weighted by Crippen LogP contribution is 2.61. The molecule has 5 heteroatoms. The second kappa shape index (κ2) is 7.06. The summed E-state index contributed by atoms with van der Waals surface area (Å²) in [5.41, 5.74) is 3.55. The van der Waals surface area contributed by atoms with Crippen molar-refractivity contribution in [3.8, 4) is 5.75 Å². The Balaban J connectivity index is 1.31. The zero-order valence-corrected chi connectivity index (χ0v) is 15.1. The number of anilines is 1. The topological polar surface area (TPSA) is 75.6 Å². The van der Waals surface area contributed by atoms with Gasteiger partial charge in [0.25, 0.3) is 0 Å². The van der Waals surface area contributed by atoms with Crippen molar-refractivity contribution in [2.24, 2.45) is 5.92 Å². The number of fused-ring (bicyclic) bond motifs is 2. The van der Waals surface area contributed by atoms with Gasteiger partial charge in [0, 0.05) is 23.4 Å². The highest BCUT2D eigenvalue weighted by molar-refractivity contribution is 5.96. The Kier molecular flexibility index (Phi) is 4.60. The zero-order valence-electron chi connectivity index (χ0n) is 15.1. The van der Waals surface area contributed by atoms with Crippen molar-refractivity contribution in [3.05, 3.63) is 59.7 Å².